The summed E-state index contributed by atoms with van der Waals surface area (Å²) in [4.78, 5) is 28.0. The quantitative estimate of drug-likeness (QED) is 0.169. The van der Waals surface area contributed by atoms with Crippen molar-refractivity contribution in [1.29, 1.82) is 0 Å². The summed E-state index contributed by atoms with van der Waals surface area (Å²) in [6.45, 7) is 0. The average Bonchev–Trinajstić information content (AvgIpc) is 3.19. The predicted molar refractivity (Wildman–Crippen MR) is 144 cm³/mol. The van der Waals surface area contributed by atoms with E-state index in [2.05, 4.69) is 0 Å². The molecule has 8 heteroatoms. The van der Waals surface area contributed by atoms with Gasteiger partial charge in [0.25, 0.3) is 11.7 Å². The molecule has 190 valence electrons. The van der Waals surface area contributed by atoms with Gasteiger partial charge in [0.15, 0.2) is 0 Å². The number of ketones is 1. The summed E-state index contributed by atoms with van der Waals surface area (Å²) in [6, 6.07) is 25.7. The van der Waals surface area contributed by atoms with Crippen LogP contribution >= 0.6 is 11.6 Å². The van der Waals surface area contributed by atoms with E-state index in [1.165, 1.54) is 30.2 Å². The van der Waals surface area contributed by atoms with Gasteiger partial charge in [0, 0.05) is 5.02 Å². The lowest BCUT2D eigenvalue weighted by atomic mass is 9.94. The number of para-hydroxylation sites is 3. The Balaban J connectivity index is 1.72. The Kier molecular flexibility index (Phi) is 6.77. The molecule has 1 aliphatic rings. The molecule has 4 aromatic rings. The number of methoxy groups -OCH3 is 1. The van der Waals surface area contributed by atoms with Crippen LogP contribution in [0.25, 0.3) is 5.76 Å². The number of aromatic hydroxyl groups is 1. The highest BCUT2D eigenvalue weighted by molar-refractivity contribution is 6.52. The molecule has 0 bridgehead atoms. The van der Waals surface area contributed by atoms with Crippen molar-refractivity contribution in [3.8, 4) is 23.0 Å². The van der Waals surface area contributed by atoms with Crippen molar-refractivity contribution in [1.82, 2.24) is 0 Å². The summed E-state index contributed by atoms with van der Waals surface area (Å²) in [5.74, 6) is -1.17. The Labute approximate surface area is 223 Å². The van der Waals surface area contributed by atoms with E-state index < -0.39 is 23.5 Å². The number of amides is 1. The summed E-state index contributed by atoms with van der Waals surface area (Å²) in [7, 11) is 1.42. The second kappa shape index (κ2) is 10.3. The molecule has 38 heavy (non-hydrogen) atoms. The van der Waals surface area contributed by atoms with Crippen LogP contribution in [0.15, 0.2) is 103 Å². The number of aliphatic hydroxyl groups excluding tert-OH is 1. The Morgan fingerprint density at radius 2 is 1.58 bits per heavy atom. The van der Waals surface area contributed by atoms with Crippen LogP contribution in [0.2, 0.25) is 5.02 Å². The SMILES string of the molecule is COc1ccc(Cl)cc1/C(O)=C1\C(=O)C(=O)N(c2ccccc2O)C1c1cccc(Oc2ccccc2)c1. The molecule has 1 saturated heterocycles. The van der Waals surface area contributed by atoms with Gasteiger partial charge in [-0.1, -0.05) is 54.1 Å². The number of hydrogen-bond donors (Lipinski definition) is 2. The minimum atomic E-state index is -1.09. The molecule has 1 aliphatic heterocycles. The number of nitrogens with zero attached hydrogens (tertiary/aromatic N) is 1. The summed E-state index contributed by atoms with van der Waals surface area (Å²) in [5.41, 5.74) is 0.558. The van der Waals surface area contributed by atoms with Crippen molar-refractivity contribution >= 4 is 34.7 Å². The molecular formula is C30H22ClNO6. The third-order valence-corrected chi connectivity index (χ3v) is 6.39. The number of Topliss-reactive ketones (excluding diaryl/α,β-unsaturated/α-hetero) is 1. The summed E-state index contributed by atoms with van der Waals surface area (Å²) in [5, 5.41) is 22.4. The first kappa shape index (κ1) is 24.9. The number of halogens is 1. The normalized spacial score (nSPS) is 16.5. The van der Waals surface area contributed by atoms with E-state index in [-0.39, 0.29) is 28.3 Å². The maximum Gasteiger partial charge on any atom is 0.300 e. The highest BCUT2D eigenvalue weighted by Crippen LogP contribution is 2.46. The van der Waals surface area contributed by atoms with Crippen molar-refractivity contribution in [3.63, 3.8) is 0 Å². The topological polar surface area (TPSA) is 96.3 Å². The van der Waals surface area contributed by atoms with Gasteiger partial charge in [0.2, 0.25) is 0 Å². The van der Waals surface area contributed by atoms with Gasteiger partial charge in [-0.2, -0.15) is 0 Å². The highest BCUT2D eigenvalue weighted by Gasteiger charge is 2.48. The van der Waals surface area contributed by atoms with E-state index in [1.807, 2.05) is 18.2 Å². The Morgan fingerprint density at radius 3 is 2.32 bits per heavy atom. The molecule has 4 aromatic carbocycles. The Bertz CT molecular complexity index is 1570. The smallest absolute Gasteiger partial charge is 0.300 e. The summed E-state index contributed by atoms with van der Waals surface area (Å²) in [6.07, 6.45) is 0. The first-order chi connectivity index (χ1) is 18.4. The molecule has 0 aliphatic carbocycles. The van der Waals surface area contributed by atoms with Crippen molar-refractivity contribution in [3.05, 3.63) is 119 Å². The molecule has 7 nitrogen and oxygen atoms in total. The van der Waals surface area contributed by atoms with Crippen LogP contribution in [0.1, 0.15) is 17.2 Å². The zero-order chi connectivity index (χ0) is 26.8. The molecule has 0 spiro atoms. The Morgan fingerprint density at radius 1 is 0.868 bits per heavy atom. The first-order valence-corrected chi connectivity index (χ1v) is 12.0. The third kappa shape index (κ3) is 4.55. The standard InChI is InChI=1S/C30H22ClNO6/c1-37-25-15-14-19(31)17-22(25)28(34)26-27(32(30(36)29(26)35)23-12-5-6-13-24(23)33)18-8-7-11-21(16-18)38-20-9-3-2-4-10-20/h2-17,27,33-34H,1H3/b28-26+. The molecule has 1 atom stereocenters. The van der Waals surface area contributed by atoms with Crippen LogP contribution in [0.4, 0.5) is 5.69 Å². The lowest BCUT2D eigenvalue weighted by Crippen LogP contribution is -2.29. The molecule has 5 rings (SSSR count). The van der Waals surface area contributed by atoms with E-state index >= 15 is 0 Å². The number of hydrogen-bond acceptors (Lipinski definition) is 6. The zero-order valence-corrected chi connectivity index (χ0v) is 20.9. The van der Waals surface area contributed by atoms with Gasteiger partial charge < -0.3 is 19.7 Å². The van der Waals surface area contributed by atoms with Gasteiger partial charge >= 0.3 is 0 Å². The van der Waals surface area contributed by atoms with Crippen LogP contribution in [0.3, 0.4) is 0 Å². The van der Waals surface area contributed by atoms with Crippen molar-refractivity contribution in [2.24, 2.45) is 0 Å². The van der Waals surface area contributed by atoms with Gasteiger partial charge in [-0.3, -0.25) is 14.5 Å². The minimum Gasteiger partial charge on any atom is -0.507 e. The number of benzene rings is 4. The summed E-state index contributed by atoms with van der Waals surface area (Å²) >= 11 is 6.19. The van der Waals surface area contributed by atoms with Gasteiger partial charge in [-0.05, 0) is 60.2 Å². The molecular weight excluding hydrogens is 506 g/mol. The molecule has 1 unspecified atom stereocenters. The van der Waals surface area contributed by atoms with Gasteiger partial charge in [-0.25, -0.2) is 0 Å². The third-order valence-electron chi connectivity index (χ3n) is 6.16. The van der Waals surface area contributed by atoms with Gasteiger partial charge in [-0.15, -0.1) is 0 Å². The van der Waals surface area contributed by atoms with Crippen LogP contribution in [-0.2, 0) is 9.59 Å². The fourth-order valence-corrected chi connectivity index (χ4v) is 4.62. The second-order valence-electron chi connectivity index (χ2n) is 8.49. The van der Waals surface area contributed by atoms with Crippen molar-refractivity contribution < 1.29 is 29.3 Å². The number of carbonyl (C=O) groups excluding carboxylic acids is 2. The maximum absolute atomic E-state index is 13.5. The van der Waals surface area contributed by atoms with Crippen molar-refractivity contribution in [2.75, 3.05) is 12.0 Å². The van der Waals surface area contributed by atoms with Crippen molar-refractivity contribution in [2.45, 2.75) is 6.04 Å². The average molecular weight is 528 g/mol. The van der Waals surface area contributed by atoms with Crippen LogP contribution < -0.4 is 14.4 Å². The molecule has 2 N–H and O–H groups in total. The van der Waals surface area contributed by atoms with Gasteiger partial charge in [0.05, 0.1) is 30.0 Å². The van der Waals surface area contributed by atoms with Crippen LogP contribution in [0, 0.1) is 0 Å². The number of phenols is 1. The number of anilines is 1. The van der Waals surface area contributed by atoms with Crippen LogP contribution in [0.5, 0.6) is 23.0 Å². The van der Waals surface area contributed by atoms with Crippen LogP contribution in [-0.4, -0.2) is 29.0 Å². The lowest BCUT2D eigenvalue weighted by Gasteiger charge is -2.26. The number of rotatable bonds is 6. The zero-order valence-electron chi connectivity index (χ0n) is 20.2. The molecule has 1 fully saturated rings. The predicted octanol–water partition coefficient (Wildman–Crippen LogP) is 6.47. The monoisotopic (exact) mass is 527 g/mol. The number of ether oxygens (including phenoxy) is 2. The number of carbonyl (C=O) groups is 2. The lowest BCUT2D eigenvalue weighted by molar-refractivity contribution is -0.132. The molecule has 0 aromatic heterocycles. The summed E-state index contributed by atoms with van der Waals surface area (Å²) < 4.78 is 11.4. The largest absolute Gasteiger partial charge is 0.507 e. The van der Waals surface area contributed by atoms with E-state index in [4.69, 9.17) is 21.1 Å². The van der Waals surface area contributed by atoms with E-state index in [9.17, 15) is 19.8 Å². The number of aliphatic hydroxyl groups is 1. The molecule has 1 heterocycles. The van der Waals surface area contributed by atoms with E-state index in [0.29, 0.717) is 22.1 Å². The van der Waals surface area contributed by atoms with E-state index in [1.54, 1.807) is 60.7 Å². The molecule has 0 radical (unpaired) electrons. The second-order valence-corrected chi connectivity index (χ2v) is 8.93. The molecule has 0 saturated carbocycles. The number of phenolic OH excluding ortho intramolecular Hbond substituents is 1. The fraction of sp³-hybridized carbons (Fsp3) is 0.0667. The fourth-order valence-electron chi connectivity index (χ4n) is 4.45. The Hall–Kier alpha value is -4.75. The minimum absolute atomic E-state index is 0.117. The van der Waals surface area contributed by atoms with Gasteiger partial charge in [0.1, 0.15) is 28.8 Å². The maximum atomic E-state index is 13.5. The van der Waals surface area contributed by atoms with E-state index in [0.717, 1.165) is 0 Å². The first-order valence-electron chi connectivity index (χ1n) is 11.6. The highest BCUT2D eigenvalue weighted by atomic mass is 35.5. The molecule has 1 amide bonds.